The Kier molecular flexibility index (Phi) is 6.62. The summed E-state index contributed by atoms with van der Waals surface area (Å²) in [5.74, 6) is -0.359. The van der Waals surface area contributed by atoms with Gasteiger partial charge < -0.3 is 19.6 Å². The normalized spacial score (nSPS) is 16.3. The van der Waals surface area contributed by atoms with Crippen molar-refractivity contribution in [2.45, 2.75) is 6.42 Å². The molecule has 0 spiro atoms. The number of piperazine rings is 1. The predicted molar refractivity (Wildman–Crippen MR) is 94.9 cm³/mol. The summed E-state index contributed by atoms with van der Waals surface area (Å²) in [6, 6.07) is 5.34. The number of benzene rings is 1. The molecule has 1 saturated heterocycles. The number of hydrogen-bond acceptors (Lipinski definition) is 4. The third-order valence-corrected chi connectivity index (χ3v) is 4.70. The van der Waals surface area contributed by atoms with Crippen LogP contribution < -0.4 is 4.74 Å². The Hall–Kier alpha value is -1.37. The Morgan fingerprint density at radius 1 is 1.35 bits per heavy atom. The Morgan fingerprint density at radius 2 is 2.04 bits per heavy atom. The molecule has 23 heavy (non-hydrogen) atoms. The fourth-order valence-corrected chi connectivity index (χ4v) is 2.98. The Morgan fingerprint density at radius 3 is 2.70 bits per heavy atom. The third-order valence-electron chi connectivity index (χ3n) is 4.00. The molecule has 1 N–H and O–H groups in total. The first-order valence-corrected chi connectivity index (χ1v) is 8.52. The molecule has 0 aromatic heterocycles. The zero-order chi connectivity index (χ0) is 16.8. The van der Waals surface area contributed by atoms with E-state index in [0.717, 1.165) is 39.1 Å². The van der Waals surface area contributed by atoms with E-state index in [4.69, 9.17) is 9.84 Å². The summed E-state index contributed by atoms with van der Waals surface area (Å²) < 4.78 is 6.46. The van der Waals surface area contributed by atoms with Crippen LogP contribution in [0.1, 0.15) is 12.0 Å². The number of likely N-dealkylation sites (N-methyl/N-ethyl adjacent to an activating group) is 1. The molecule has 1 heterocycles. The van der Waals surface area contributed by atoms with Crippen LogP contribution in [0.5, 0.6) is 5.75 Å². The van der Waals surface area contributed by atoms with Gasteiger partial charge in [0.05, 0.1) is 12.2 Å². The average Bonchev–Trinajstić information content (AvgIpc) is 2.54. The van der Waals surface area contributed by atoms with E-state index in [1.54, 1.807) is 12.1 Å². The van der Waals surface area contributed by atoms with Crippen LogP contribution in [0, 0.1) is 0 Å². The van der Waals surface area contributed by atoms with E-state index in [9.17, 15) is 4.79 Å². The number of halogens is 1. The lowest BCUT2D eigenvalue weighted by atomic mass is 10.1. The largest absolute Gasteiger partial charge is 0.494 e. The fraction of sp³-hybridized carbons (Fsp3) is 0.471. The van der Waals surface area contributed by atoms with Gasteiger partial charge in [0, 0.05) is 42.8 Å². The van der Waals surface area contributed by atoms with Crippen molar-refractivity contribution < 1.29 is 14.6 Å². The van der Waals surface area contributed by atoms with Gasteiger partial charge in [-0.15, -0.1) is 0 Å². The van der Waals surface area contributed by atoms with Crippen molar-refractivity contribution in [3.05, 3.63) is 34.8 Å². The molecule has 0 amide bonds. The summed E-state index contributed by atoms with van der Waals surface area (Å²) in [7, 11) is 2.15. The molecule has 126 valence electrons. The lowest BCUT2D eigenvalue weighted by Gasteiger charge is -2.32. The van der Waals surface area contributed by atoms with E-state index >= 15 is 0 Å². The molecule has 0 unspecified atom stereocenters. The van der Waals surface area contributed by atoms with Crippen molar-refractivity contribution in [3.8, 4) is 5.75 Å². The first-order valence-electron chi connectivity index (χ1n) is 7.73. The van der Waals surface area contributed by atoms with Crippen LogP contribution in [0.25, 0.3) is 5.57 Å². The van der Waals surface area contributed by atoms with E-state index in [-0.39, 0.29) is 5.57 Å². The quantitative estimate of drug-likeness (QED) is 0.580. The maximum absolute atomic E-state index is 11.1. The Labute approximate surface area is 145 Å². The molecule has 2 rings (SSSR count). The summed E-state index contributed by atoms with van der Waals surface area (Å²) in [5.41, 5.74) is 0.605. The minimum absolute atomic E-state index is 0.0553. The standard InChI is InChI=1S/C17H23BrN2O3/c1-13(17(21)22)15-12-14(4-5-16(15)18)23-11-3-6-20-9-7-19(2)8-10-20/h4-5,12H,1,3,6-11H2,2H3,(H,21,22). The molecule has 0 aliphatic carbocycles. The van der Waals surface area contributed by atoms with E-state index < -0.39 is 5.97 Å². The van der Waals surface area contributed by atoms with Crippen LogP contribution in [0.2, 0.25) is 0 Å². The minimum Gasteiger partial charge on any atom is -0.494 e. The van der Waals surface area contributed by atoms with Crippen molar-refractivity contribution in [2.24, 2.45) is 0 Å². The molecule has 5 nitrogen and oxygen atoms in total. The Balaban J connectivity index is 1.80. The summed E-state index contributed by atoms with van der Waals surface area (Å²) in [6.07, 6.45) is 0.953. The highest BCUT2D eigenvalue weighted by molar-refractivity contribution is 9.10. The van der Waals surface area contributed by atoms with Gasteiger partial charge >= 0.3 is 5.97 Å². The van der Waals surface area contributed by atoms with Crippen LogP contribution in [-0.4, -0.2) is 67.3 Å². The highest BCUT2D eigenvalue weighted by Gasteiger charge is 2.14. The summed E-state index contributed by atoms with van der Waals surface area (Å²) in [5, 5.41) is 9.06. The number of hydrogen-bond donors (Lipinski definition) is 1. The third kappa shape index (κ3) is 5.34. The van der Waals surface area contributed by atoms with Crippen molar-refractivity contribution in [3.63, 3.8) is 0 Å². The number of ether oxygens (including phenoxy) is 1. The maximum Gasteiger partial charge on any atom is 0.335 e. The van der Waals surface area contributed by atoms with E-state index in [2.05, 4.69) is 39.4 Å². The molecule has 1 aromatic carbocycles. The van der Waals surface area contributed by atoms with Crippen LogP contribution in [0.15, 0.2) is 29.3 Å². The van der Waals surface area contributed by atoms with Gasteiger partial charge in [0.25, 0.3) is 0 Å². The number of nitrogens with zero attached hydrogens (tertiary/aromatic N) is 2. The van der Waals surface area contributed by atoms with Gasteiger partial charge in [0.2, 0.25) is 0 Å². The number of carbonyl (C=O) groups is 1. The molecule has 0 radical (unpaired) electrons. The molecular weight excluding hydrogens is 360 g/mol. The summed E-state index contributed by atoms with van der Waals surface area (Å²) >= 11 is 3.35. The van der Waals surface area contributed by atoms with Gasteiger partial charge in [-0.1, -0.05) is 22.5 Å². The van der Waals surface area contributed by atoms with Crippen LogP contribution in [-0.2, 0) is 4.79 Å². The highest BCUT2D eigenvalue weighted by atomic mass is 79.9. The van der Waals surface area contributed by atoms with Crippen LogP contribution >= 0.6 is 15.9 Å². The zero-order valence-electron chi connectivity index (χ0n) is 13.4. The van der Waals surface area contributed by atoms with Crippen molar-refractivity contribution in [1.82, 2.24) is 9.80 Å². The maximum atomic E-state index is 11.1. The molecule has 1 aliphatic rings. The lowest BCUT2D eigenvalue weighted by molar-refractivity contribution is -0.130. The number of aliphatic carboxylic acids is 1. The zero-order valence-corrected chi connectivity index (χ0v) is 15.0. The second-order valence-electron chi connectivity index (χ2n) is 5.77. The molecule has 6 heteroatoms. The SMILES string of the molecule is C=C(C(=O)O)c1cc(OCCCN2CCN(C)CC2)ccc1Br. The fourth-order valence-electron chi connectivity index (χ4n) is 2.49. The van der Waals surface area contributed by atoms with Crippen molar-refractivity contribution >= 4 is 27.5 Å². The average molecular weight is 383 g/mol. The number of carboxylic acid groups (broad SMARTS) is 1. The van der Waals surface area contributed by atoms with E-state index in [1.807, 2.05) is 6.07 Å². The first-order chi connectivity index (χ1) is 11.0. The Bertz CT molecular complexity index is 569. The van der Waals surface area contributed by atoms with Crippen LogP contribution in [0.3, 0.4) is 0 Å². The molecule has 1 aromatic rings. The topological polar surface area (TPSA) is 53.0 Å². The van der Waals surface area contributed by atoms with Crippen molar-refractivity contribution in [2.75, 3.05) is 46.4 Å². The molecule has 0 saturated carbocycles. The second-order valence-corrected chi connectivity index (χ2v) is 6.63. The molecule has 0 bridgehead atoms. The summed E-state index contributed by atoms with van der Waals surface area (Å²) in [6.45, 7) is 9.69. The van der Waals surface area contributed by atoms with E-state index in [1.165, 1.54) is 0 Å². The second kappa shape index (κ2) is 8.47. The molecule has 1 aliphatic heterocycles. The lowest BCUT2D eigenvalue weighted by Crippen LogP contribution is -2.44. The highest BCUT2D eigenvalue weighted by Crippen LogP contribution is 2.28. The summed E-state index contributed by atoms with van der Waals surface area (Å²) in [4.78, 5) is 15.8. The van der Waals surface area contributed by atoms with Gasteiger partial charge in [-0.2, -0.15) is 0 Å². The first kappa shape index (κ1) is 18.0. The van der Waals surface area contributed by atoms with Gasteiger partial charge in [-0.05, 0) is 31.7 Å². The molecule has 0 atom stereocenters. The smallest absolute Gasteiger partial charge is 0.335 e. The monoisotopic (exact) mass is 382 g/mol. The van der Waals surface area contributed by atoms with Gasteiger partial charge in [-0.3, -0.25) is 0 Å². The predicted octanol–water partition coefficient (Wildman–Crippen LogP) is 2.56. The van der Waals surface area contributed by atoms with Gasteiger partial charge in [0.15, 0.2) is 0 Å². The van der Waals surface area contributed by atoms with E-state index in [0.29, 0.717) is 22.4 Å². The van der Waals surface area contributed by atoms with Gasteiger partial charge in [-0.25, -0.2) is 4.79 Å². The van der Waals surface area contributed by atoms with Crippen LogP contribution in [0.4, 0.5) is 0 Å². The number of rotatable bonds is 7. The van der Waals surface area contributed by atoms with Gasteiger partial charge in [0.1, 0.15) is 5.75 Å². The minimum atomic E-state index is -1.03. The number of carboxylic acids is 1. The molecular formula is C17H23BrN2O3. The molecule has 1 fully saturated rings. The van der Waals surface area contributed by atoms with Crippen molar-refractivity contribution in [1.29, 1.82) is 0 Å².